The SMILES string of the molecule is C#CCN(CC(=O)O)Cc1ccc2c(c1)CCC2. The standard InChI is InChI=1S/C15H17NO2/c1-2-8-16(11-15(17)18)10-12-6-7-13-4-3-5-14(13)9-12/h1,6-7,9H,3-5,8,10-11H2,(H,17,18). The summed E-state index contributed by atoms with van der Waals surface area (Å²) < 4.78 is 0. The number of fused-ring (bicyclic) bond motifs is 1. The third-order valence-electron chi connectivity index (χ3n) is 3.24. The molecule has 0 fully saturated rings. The molecule has 18 heavy (non-hydrogen) atoms. The van der Waals surface area contributed by atoms with Crippen LogP contribution in [0.4, 0.5) is 0 Å². The van der Waals surface area contributed by atoms with Crippen molar-refractivity contribution in [2.24, 2.45) is 0 Å². The number of hydrogen-bond acceptors (Lipinski definition) is 2. The number of carboxylic acids is 1. The Bertz CT molecular complexity index is 488. The molecule has 0 amide bonds. The molecule has 0 aromatic heterocycles. The van der Waals surface area contributed by atoms with Gasteiger partial charge in [0.1, 0.15) is 0 Å². The number of aryl methyl sites for hydroxylation is 2. The predicted molar refractivity (Wildman–Crippen MR) is 70.2 cm³/mol. The van der Waals surface area contributed by atoms with E-state index in [4.69, 9.17) is 11.5 Å². The van der Waals surface area contributed by atoms with Gasteiger partial charge in [0.15, 0.2) is 0 Å². The Morgan fingerprint density at radius 1 is 1.39 bits per heavy atom. The maximum Gasteiger partial charge on any atom is 0.317 e. The Labute approximate surface area is 107 Å². The monoisotopic (exact) mass is 243 g/mol. The third kappa shape index (κ3) is 3.12. The molecule has 3 nitrogen and oxygen atoms in total. The molecule has 0 saturated heterocycles. The van der Waals surface area contributed by atoms with Crippen LogP contribution >= 0.6 is 0 Å². The number of nitrogens with zero attached hydrogens (tertiary/aromatic N) is 1. The smallest absolute Gasteiger partial charge is 0.317 e. The molecule has 1 aliphatic rings. The maximum absolute atomic E-state index is 10.8. The van der Waals surface area contributed by atoms with Gasteiger partial charge in [0.2, 0.25) is 0 Å². The van der Waals surface area contributed by atoms with E-state index in [1.54, 1.807) is 4.90 Å². The summed E-state index contributed by atoms with van der Waals surface area (Å²) in [5.74, 6) is 1.67. The van der Waals surface area contributed by atoms with E-state index in [1.807, 2.05) is 0 Å². The molecule has 0 bridgehead atoms. The van der Waals surface area contributed by atoms with Crippen LogP contribution in [-0.4, -0.2) is 29.1 Å². The summed E-state index contributed by atoms with van der Waals surface area (Å²) in [5, 5.41) is 8.83. The van der Waals surface area contributed by atoms with Gasteiger partial charge in [-0.2, -0.15) is 0 Å². The highest BCUT2D eigenvalue weighted by atomic mass is 16.4. The van der Waals surface area contributed by atoms with Gasteiger partial charge < -0.3 is 5.11 Å². The van der Waals surface area contributed by atoms with Crippen LogP contribution in [0.15, 0.2) is 18.2 Å². The Hall–Kier alpha value is -1.79. The fraction of sp³-hybridized carbons (Fsp3) is 0.400. The molecule has 1 aromatic carbocycles. The van der Waals surface area contributed by atoms with Crippen LogP contribution in [0.2, 0.25) is 0 Å². The van der Waals surface area contributed by atoms with Crippen LogP contribution in [-0.2, 0) is 24.2 Å². The molecule has 0 aliphatic heterocycles. The van der Waals surface area contributed by atoms with Crippen LogP contribution < -0.4 is 0 Å². The number of carbonyl (C=O) groups is 1. The van der Waals surface area contributed by atoms with E-state index >= 15 is 0 Å². The van der Waals surface area contributed by atoms with Gasteiger partial charge in [-0.05, 0) is 36.0 Å². The molecule has 1 aromatic rings. The van der Waals surface area contributed by atoms with Crippen molar-refractivity contribution in [1.82, 2.24) is 4.90 Å². The van der Waals surface area contributed by atoms with Crippen molar-refractivity contribution < 1.29 is 9.90 Å². The van der Waals surface area contributed by atoms with Crippen LogP contribution in [0.25, 0.3) is 0 Å². The van der Waals surface area contributed by atoms with E-state index in [1.165, 1.54) is 24.0 Å². The molecule has 1 N–H and O–H groups in total. The molecule has 1 aliphatic carbocycles. The first-order valence-electron chi connectivity index (χ1n) is 6.17. The second kappa shape index (κ2) is 5.70. The highest BCUT2D eigenvalue weighted by molar-refractivity contribution is 5.69. The maximum atomic E-state index is 10.8. The first-order chi connectivity index (χ1) is 8.69. The minimum atomic E-state index is -0.841. The lowest BCUT2D eigenvalue weighted by Gasteiger charge is -2.17. The number of rotatable bonds is 5. The molecule has 0 heterocycles. The number of terminal acetylenes is 1. The average Bonchev–Trinajstić information content (AvgIpc) is 2.75. The van der Waals surface area contributed by atoms with Gasteiger partial charge in [-0.3, -0.25) is 9.69 Å². The summed E-state index contributed by atoms with van der Waals surface area (Å²) in [6.07, 6.45) is 8.79. The topological polar surface area (TPSA) is 40.5 Å². The number of aliphatic carboxylic acids is 1. The minimum absolute atomic E-state index is 0.0126. The summed E-state index contributed by atoms with van der Waals surface area (Å²) in [5.41, 5.74) is 3.98. The second-order valence-corrected chi connectivity index (χ2v) is 4.70. The van der Waals surface area contributed by atoms with Gasteiger partial charge >= 0.3 is 5.97 Å². The Kier molecular flexibility index (Phi) is 4.01. The van der Waals surface area contributed by atoms with Gasteiger partial charge in [-0.25, -0.2) is 0 Å². The average molecular weight is 243 g/mol. The van der Waals surface area contributed by atoms with Crippen molar-refractivity contribution in [2.45, 2.75) is 25.8 Å². The minimum Gasteiger partial charge on any atom is -0.480 e. The van der Waals surface area contributed by atoms with Gasteiger partial charge in [-0.1, -0.05) is 24.1 Å². The number of hydrogen-bond donors (Lipinski definition) is 1. The Morgan fingerprint density at radius 2 is 2.17 bits per heavy atom. The molecule has 0 spiro atoms. The van der Waals surface area contributed by atoms with Crippen LogP contribution in [0.3, 0.4) is 0 Å². The van der Waals surface area contributed by atoms with Crippen molar-refractivity contribution in [3.63, 3.8) is 0 Å². The Morgan fingerprint density at radius 3 is 2.89 bits per heavy atom. The zero-order valence-corrected chi connectivity index (χ0v) is 10.4. The second-order valence-electron chi connectivity index (χ2n) is 4.70. The zero-order valence-electron chi connectivity index (χ0n) is 10.4. The van der Waals surface area contributed by atoms with Gasteiger partial charge in [0, 0.05) is 6.54 Å². The lowest BCUT2D eigenvalue weighted by molar-refractivity contribution is -0.138. The van der Waals surface area contributed by atoms with Crippen LogP contribution in [0.1, 0.15) is 23.1 Å². The van der Waals surface area contributed by atoms with Crippen LogP contribution in [0, 0.1) is 12.3 Å². The van der Waals surface area contributed by atoms with Crippen molar-refractivity contribution in [1.29, 1.82) is 0 Å². The molecular weight excluding hydrogens is 226 g/mol. The molecular formula is C15H17NO2. The van der Waals surface area contributed by atoms with Crippen molar-refractivity contribution >= 4 is 5.97 Å². The molecule has 0 saturated carbocycles. The van der Waals surface area contributed by atoms with E-state index in [0.717, 1.165) is 12.0 Å². The molecule has 0 radical (unpaired) electrons. The quantitative estimate of drug-likeness (QED) is 0.800. The van der Waals surface area contributed by atoms with E-state index in [2.05, 4.69) is 24.1 Å². The lowest BCUT2D eigenvalue weighted by atomic mass is 10.1. The third-order valence-corrected chi connectivity index (χ3v) is 3.24. The largest absolute Gasteiger partial charge is 0.480 e. The first kappa shape index (κ1) is 12.7. The molecule has 0 unspecified atom stereocenters. The fourth-order valence-electron chi connectivity index (χ4n) is 2.47. The van der Waals surface area contributed by atoms with Gasteiger partial charge in [0.25, 0.3) is 0 Å². The lowest BCUT2D eigenvalue weighted by Crippen LogP contribution is -2.29. The highest BCUT2D eigenvalue weighted by Crippen LogP contribution is 2.23. The van der Waals surface area contributed by atoms with Crippen molar-refractivity contribution in [3.05, 3.63) is 34.9 Å². The summed E-state index contributed by atoms with van der Waals surface area (Å²) in [7, 11) is 0. The fourth-order valence-corrected chi connectivity index (χ4v) is 2.47. The summed E-state index contributed by atoms with van der Waals surface area (Å²) >= 11 is 0. The highest BCUT2D eigenvalue weighted by Gasteiger charge is 2.13. The van der Waals surface area contributed by atoms with Gasteiger partial charge in [0.05, 0.1) is 13.1 Å². The van der Waals surface area contributed by atoms with E-state index in [-0.39, 0.29) is 6.54 Å². The van der Waals surface area contributed by atoms with Gasteiger partial charge in [-0.15, -0.1) is 6.42 Å². The van der Waals surface area contributed by atoms with E-state index < -0.39 is 5.97 Å². The molecule has 94 valence electrons. The molecule has 0 atom stereocenters. The summed E-state index contributed by atoms with van der Waals surface area (Å²) in [6, 6.07) is 6.43. The normalized spacial score (nSPS) is 13.3. The van der Waals surface area contributed by atoms with Crippen molar-refractivity contribution in [2.75, 3.05) is 13.1 Å². The number of carboxylic acid groups (broad SMARTS) is 1. The molecule has 2 rings (SSSR count). The number of benzene rings is 1. The Balaban J connectivity index is 2.06. The summed E-state index contributed by atoms with van der Waals surface area (Å²) in [4.78, 5) is 12.5. The van der Waals surface area contributed by atoms with E-state index in [9.17, 15) is 4.79 Å². The van der Waals surface area contributed by atoms with Crippen molar-refractivity contribution in [3.8, 4) is 12.3 Å². The van der Waals surface area contributed by atoms with E-state index in [0.29, 0.717) is 13.1 Å². The predicted octanol–water partition coefficient (Wildman–Crippen LogP) is 1.70. The van der Waals surface area contributed by atoms with Crippen LogP contribution in [0.5, 0.6) is 0 Å². The zero-order chi connectivity index (χ0) is 13.0. The first-order valence-corrected chi connectivity index (χ1v) is 6.17. The molecule has 3 heteroatoms. The summed E-state index contributed by atoms with van der Waals surface area (Å²) in [6.45, 7) is 0.953.